The first-order valence-corrected chi connectivity index (χ1v) is 7.37. The molecule has 3 aromatic rings. The molecule has 7 heteroatoms. The van der Waals surface area contributed by atoms with Gasteiger partial charge in [-0.1, -0.05) is 6.92 Å². The van der Waals surface area contributed by atoms with Crippen LogP contribution in [0.25, 0.3) is 5.78 Å². The summed E-state index contributed by atoms with van der Waals surface area (Å²) >= 11 is 1.68. The highest BCUT2D eigenvalue weighted by Gasteiger charge is 2.12. The number of rotatable bonds is 4. The maximum absolute atomic E-state index is 4.50. The molecule has 20 heavy (non-hydrogen) atoms. The number of fused-ring (bicyclic) bond motifs is 1. The lowest BCUT2D eigenvalue weighted by Gasteiger charge is -2.19. The van der Waals surface area contributed by atoms with Crippen LogP contribution in [0.1, 0.15) is 23.3 Å². The number of thiazole rings is 1. The number of nitrogens with zero attached hydrogens (tertiary/aromatic N) is 6. The second-order valence-corrected chi connectivity index (χ2v) is 5.61. The quantitative estimate of drug-likeness (QED) is 0.735. The van der Waals surface area contributed by atoms with Crippen LogP contribution in [0.3, 0.4) is 0 Å². The molecule has 0 bridgehead atoms. The highest BCUT2D eigenvalue weighted by molar-refractivity contribution is 7.09. The van der Waals surface area contributed by atoms with E-state index in [-0.39, 0.29) is 0 Å². The molecular formula is C13H16N6S. The van der Waals surface area contributed by atoms with E-state index >= 15 is 0 Å². The Kier molecular flexibility index (Phi) is 3.35. The number of aryl methyl sites for hydroxylation is 2. The Hall–Kier alpha value is -2.02. The molecule has 0 aliphatic heterocycles. The van der Waals surface area contributed by atoms with Crippen LogP contribution in [-0.4, -0.2) is 31.6 Å². The molecule has 0 radical (unpaired) electrons. The van der Waals surface area contributed by atoms with Crippen LogP contribution in [0.5, 0.6) is 0 Å². The molecule has 0 aromatic carbocycles. The second kappa shape index (κ2) is 5.16. The second-order valence-electron chi connectivity index (χ2n) is 4.67. The summed E-state index contributed by atoms with van der Waals surface area (Å²) < 4.78 is 1.76. The van der Waals surface area contributed by atoms with E-state index in [9.17, 15) is 0 Å². The van der Waals surface area contributed by atoms with E-state index in [4.69, 9.17) is 0 Å². The summed E-state index contributed by atoms with van der Waals surface area (Å²) in [6.45, 7) is 4.85. The monoisotopic (exact) mass is 288 g/mol. The third-order valence-corrected chi connectivity index (χ3v) is 4.03. The molecule has 6 nitrogen and oxygen atoms in total. The van der Waals surface area contributed by atoms with Gasteiger partial charge in [-0.05, 0) is 13.3 Å². The van der Waals surface area contributed by atoms with Crippen LogP contribution >= 0.6 is 11.3 Å². The Balaban J connectivity index is 1.97. The fourth-order valence-electron chi connectivity index (χ4n) is 2.06. The van der Waals surface area contributed by atoms with E-state index in [0.29, 0.717) is 5.78 Å². The molecule has 0 aliphatic carbocycles. The largest absolute Gasteiger partial charge is 0.353 e. The van der Waals surface area contributed by atoms with Gasteiger partial charge < -0.3 is 4.90 Å². The molecule has 0 saturated heterocycles. The van der Waals surface area contributed by atoms with E-state index in [2.05, 4.69) is 43.3 Å². The Labute approximate surface area is 121 Å². The van der Waals surface area contributed by atoms with Crippen molar-refractivity contribution < 1.29 is 0 Å². The van der Waals surface area contributed by atoms with Crippen molar-refractivity contribution in [2.24, 2.45) is 0 Å². The first-order valence-electron chi connectivity index (χ1n) is 6.49. The first-order chi connectivity index (χ1) is 9.67. The SMILES string of the molecule is CCc1cc(N(C)Cc2nc(C)cs2)n2ncnc2n1. The normalized spacial score (nSPS) is 11.2. The highest BCUT2D eigenvalue weighted by atomic mass is 32.1. The average Bonchev–Trinajstić information content (AvgIpc) is 3.06. The third-order valence-electron chi connectivity index (χ3n) is 3.08. The van der Waals surface area contributed by atoms with Gasteiger partial charge in [0.15, 0.2) is 0 Å². The van der Waals surface area contributed by atoms with Crippen molar-refractivity contribution in [3.63, 3.8) is 0 Å². The zero-order valence-electron chi connectivity index (χ0n) is 11.7. The number of hydrogen-bond acceptors (Lipinski definition) is 6. The Bertz CT molecular complexity index is 731. The molecule has 3 heterocycles. The molecule has 0 fully saturated rings. The van der Waals surface area contributed by atoms with Gasteiger partial charge >= 0.3 is 0 Å². The molecule has 0 N–H and O–H groups in total. The summed E-state index contributed by atoms with van der Waals surface area (Å²) in [6.07, 6.45) is 2.41. The van der Waals surface area contributed by atoms with Gasteiger partial charge in [0.2, 0.25) is 0 Å². The van der Waals surface area contributed by atoms with Crippen LogP contribution in [0, 0.1) is 6.92 Å². The van der Waals surface area contributed by atoms with Gasteiger partial charge in [-0.25, -0.2) is 9.97 Å². The average molecular weight is 288 g/mol. The minimum Gasteiger partial charge on any atom is -0.353 e. The Morgan fingerprint density at radius 3 is 2.90 bits per heavy atom. The summed E-state index contributed by atoms with van der Waals surface area (Å²) in [4.78, 5) is 15.3. The summed E-state index contributed by atoms with van der Waals surface area (Å²) in [5.41, 5.74) is 2.08. The third kappa shape index (κ3) is 2.36. The molecule has 3 aromatic heterocycles. The molecule has 0 amide bonds. The number of aromatic nitrogens is 5. The van der Waals surface area contributed by atoms with E-state index in [1.54, 1.807) is 15.9 Å². The zero-order chi connectivity index (χ0) is 14.1. The van der Waals surface area contributed by atoms with Crippen molar-refractivity contribution in [2.75, 3.05) is 11.9 Å². The maximum atomic E-state index is 4.50. The predicted molar refractivity (Wildman–Crippen MR) is 79.1 cm³/mol. The standard InChI is InChI=1S/C13H16N6S/c1-4-10-5-12(19-13(17-10)14-8-15-19)18(3)6-11-16-9(2)7-20-11/h5,7-8H,4,6H2,1-3H3. The van der Waals surface area contributed by atoms with Crippen molar-refractivity contribution >= 4 is 22.9 Å². The van der Waals surface area contributed by atoms with Crippen molar-refractivity contribution in [3.8, 4) is 0 Å². The lowest BCUT2D eigenvalue weighted by molar-refractivity contribution is 0.816. The van der Waals surface area contributed by atoms with Crippen molar-refractivity contribution in [3.05, 3.63) is 34.2 Å². The van der Waals surface area contributed by atoms with Crippen LogP contribution in [0.2, 0.25) is 0 Å². The van der Waals surface area contributed by atoms with E-state index < -0.39 is 0 Å². The van der Waals surface area contributed by atoms with E-state index in [1.807, 2.05) is 14.0 Å². The smallest absolute Gasteiger partial charge is 0.254 e. The molecule has 104 valence electrons. The van der Waals surface area contributed by atoms with E-state index in [0.717, 1.165) is 35.2 Å². The fraction of sp³-hybridized carbons (Fsp3) is 0.385. The Morgan fingerprint density at radius 2 is 2.20 bits per heavy atom. The van der Waals surface area contributed by atoms with Crippen LogP contribution in [0.15, 0.2) is 17.8 Å². The number of hydrogen-bond donors (Lipinski definition) is 0. The van der Waals surface area contributed by atoms with Crippen molar-refractivity contribution in [1.29, 1.82) is 0 Å². The highest BCUT2D eigenvalue weighted by Crippen LogP contribution is 2.19. The fourth-order valence-corrected chi connectivity index (χ4v) is 2.88. The zero-order valence-corrected chi connectivity index (χ0v) is 12.6. The predicted octanol–water partition coefficient (Wildman–Crippen LogP) is 2.09. The van der Waals surface area contributed by atoms with Gasteiger partial charge in [0, 0.05) is 29.9 Å². The van der Waals surface area contributed by atoms with Gasteiger partial charge in [-0.15, -0.1) is 11.3 Å². The molecule has 0 atom stereocenters. The molecule has 0 unspecified atom stereocenters. The van der Waals surface area contributed by atoms with Gasteiger partial charge in [-0.2, -0.15) is 14.6 Å². The Morgan fingerprint density at radius 1 is 1.35 bits per heavy atom. The minimum atomic E-state index is 0.640. The summed E-state index contributed by atoms with van der Waals surface area (Å²) in [5, 5.41) is 7.40. The van der Waals surface area contributed by atoms with Crippen LogP contribution in [-0.2, 0) is 13.0 Å². The van der Waals surface area contributed by atoms with Gasteiger partial charge in [0.25, 0.3) is 5.78 Å². The lowest BCUT2D eigenvalue weighted by atomic mass is 10.3. The van der Waals surface area contributed by atoms with E-state index in [1.165, 1.54) is 6.33 Å². The minimum absolute atomic E-state index is 0.640. The first kappa shape index (κ1) is 13.0. The van der Waals surface area contributed by atoms with Crippen LogP contribution < -0.4 is 4.90 Å². The summed E-state index contributed by atoms with van der Waals surface area (Å²) in [7, 11) is 2.03. The lowest BCUT2D eigenvalue weighted by Crippen LogP contribution is -2.20. The topological polar surface area (TPSA) is 59.2 Å². The molecule has 0 aliphatic rings. The van der Waals surface area contributed by atoms with Crippen LogP contribution in [0.4, 0.5) is 5.82 Å². The van der Waals surface area contributed by atoms with Crippen molar-refractivity contribution in [1.82, 2.24) is 24.6 Å². The molecule has 0 saturated carbocycles. The summed E-state index contributed by atoms with van der Waals surface area (Å²) in [6, 6.07) is 2.06. The molecule has 0 spiro atoms. The van der Waals surface area contributed by atoms with Crippen molar-refractivity contribution in [2.45, 2.75) is 26.8 Å². The van der Waals surface area contributed by atoms with Gasteiger partial charge in [0.1, 0.15) is 17.2 Å². The maximum Gasteiger partial charge on any atom is 0.254 e. The molecule has 3 rings (SSSR count). The van der Waals surface area contributed by atoms with Gasteiger partial charge in [-0.3, -0.25) is 0 Å². The van der Waals surface area contributed by atoms with Gasteiger partial charge in [0.05, 0.1) is 6.54 Å². The summed E-state index contributed by atoms with van der Waals surface area (Å²) in [5.74, 6) is 1.62. The number of anilines is 1. The molecular weight excluding hydrogens is 272 g/mol.